The maximum absolute atomic E-state index is 11.6. The normalized spacial score (nSPS) is 11.7. The first-order chi connectivity index (χ1) is 8.93. The minimum atomic E-state index is -0.566. The van der Waals surface area contributed by atoms with Crippen LogP contribution in [-0.2, 0) is 4.79 Å². The van der Waals surface area contributed by atoms with Crippen LogP contribution in [0.3, 0.4) is 0 Å². The number of methoxy groups -OCH3 is 1. The minimum Gasteiger partial charge on any atom is -0.496 e. The average molecular weight is 267 g/mol. The predicted octanol–water partition coefficient (Wildman–Crippen LogP) is 1.67. The number of hydrogen-bond acceptors (Lipinski definition) is 5. The van der Waals surface area contributed by atoms with Gasteiger partial charge in [0.15, 0.2) is 0 Å². The Morgan fingerprint density at radius 3 is 2.79 bits per heavy atom. The van der Waals surface area contributed by atoms with Gasteiger partial charge in [0.1, 0.15) is 11.4 Å². The van der Waals surface area contributed by atoms with Crippen LogP contribution in [0, 0.1) is 10.1 Å². The van der Waals surface area contributed by atoms with Gasteiger partial charge in [0.05, 0.1) is 18.1 Å². The zero-order chi connectivity index (χ0) is 14.4. The maximum Gasteiger partial charge on any atom is 0.296 e. The summed E-state index contributed by atoms with van der Waals surface area (Å²) in [6.07, 6.45) is 0.747. The standard InChI is InChI=1S/C12H17N3O4/c1-8(13)3-6-12(16)14-10-5-4-9(19-2)7-11(10)15(17)18/h4-5,7-8H,3,6,13H2,1-2H3,(H,14,16). The topological polar surface area (TPSA) is 107 Å². The van der Waals surface area contributed by atoms with E-state index < -0.39 is 4.92 Å². The number of nitrogens with zero attached hydrogens (tertiary/aromatic N) is 1. The Bertz CT molecular complexity index is 474. The molecule has 104 valence electrons. The highest BCUT2D eigenvalue weighted by molar-refractivity contribution is 5.93. The molecule has 1 amide bonds. The van der Waals surface area contributed by atoms with Crippen LogP contribution in [0.1, 0.15) is 19.8 Å². The third-order valence-corrected chi connectivity index (χ3v) is 2.50. The van der Waals surface area contributed by atoms with Gasteiger partial charge in [-0.1, -0.05) is 0 Å². The highest BCUT2D eigenvalue weighted by Crippen LogP contribution is 2.29. The summed E-state index contributed by atoms with van der Waals surface area (Å²) in [6.45, 7) is 1.79. The number of nitro benzene ring substituents is 1. The number of nitrogens with one attached hydrogen (secondary N) is 1. The molecule has 0 aromatic heterocycles. The van der Waals surface area contributed by atoms with Crippen molar-refractivity contribution in [3.63, 3.8) is 0 Å². The van der Waals surface area contributed by atoms with Gasteiger partial charge in [-0.15, -0.1) is 0 Å². The van der Waals surface area contributed by atoms with Crippen molar-refractivity contribution < 1.29 is 14.5 Å². The third-order valence-electron chi connectivity index (χ3n) is 2.50. The number of anilines is 1. The van der Waals surface area contributed by atoms with Crippen LogP contribution in [0.5, 0.6) is 5.75 Å². The van der Waals surface area contributed by atoms with E-state index in [-0.39, 0.29) is 29.7 Å². The van der Waals surface area contributed by atoms with E-state index in [2.05, 4.69) is 5.32 Å². The zero-order valence-electron chi connectivity index (χ0n) is 10.9. The van der Waals surface area contributed by atoms with E-state index in [0.29, 0.717) is 12.2 Å². The first-order valence-corrected chi connectivity index (χ1v) is 5.82. The summed E-state index contributed by atoms with van der Waals surface area (Å²) in [7, 11) is 1.42. The quantitative estimate of drug-likeness (QED) is 0.602. The second kappa shape index (κ2) is 6.69. The summed E-state index contributed by atoms with van der Waals surface area (Å²) >= 11 is 0. The molecule has 0 bridgehead atoms. The molecule has 0 saturated carbocycles. The second-order valence-electron chi connectivity index (χ2n) is 4.20. The van der Waals surface area contributed by atoms with Crippen LogP contribution >= 0.6 is 0 Å². The number of hydrogen-bond donors (Lipinski definition) is 2. The number of amides is 1. The summed E-state index contributed by atoms with van der Waals surface area (Å²) in [6, 6.07) is 4.17. The van der Waals surface area contributed by atoms with Crippen LogP contribution in [0.4, 0.5) is 11.4 Å². The lowest BCUT2D eigenvalue weighted by Gasteiger charge is -2.08. The fraction of sp³-hybridized carbons (Fsp3) is 0.417. The van der Waals surface area contributed by atoms with Crippen molar-refractivity contribution in [3.05, 3.63) is 28.3 Å². The van der Waals surface area contributed by atoms with Crippen molar-refractivity contribution in [1.29, 1.82) is 0 Å². The second-order valence-corrected chi connectivity index (χ2v) is 4.20. The molecule has 0 radical (unpaired) electrons. The van der Waals surface area contributed by atoms with Crippen LogP contribution in [-0.4, -0.2) is 24.0 Å². The summed E-state index contributed by atoms with van der Waals surface area (Å²) < 4.78 is 4.91. The highest BCUT2D eigenvalue weighted by Gasteiger charge is 2.17. The van der Waals surface area contributed by atoms with Gasteiger partial charge in [0, 0.05) is 12.5 Å². The molecule has 19 heavy (non-hydrogen) atoms. The third kappa shape index (κ3) is 4.55. The van der Waals surface area contributed by atoms with Crippen LogP contribution in [0.2, 0.25) is 0 Å². The number of carbonyl (C=O) groups excluding carboxylic acids is 1. The lowest BCUT2D eigenvalue weighted by Crippen LogP contribution is -2.19. The van der Waals surface area contributed by atoms with E-state index in [1.807, 2.05) is 0 Å². The average Bonchev–Trinajstić information content (AvgIpc) is 2.36. The molecule has 1 atom stereocenters. The van der Waals surface area contributed by atoms with Crippen molar-refractivity contribution in [2.45, 2.75) is 25.8 Å². The Hall–Kier alpha value is -2.15. The molecule has 1 aromatic rings. The smallest absolute Gasteiger partial charge is 0.296 e. The molecule has 0 aliphatic rings. The molecule has 7 nitrogen and oxygen atoms in total. The van der Waals surface area contributed by atoms with Crippen molar-refractivity contribution in [2.75, 3.05) is 12.4 Å². The molecule has 0 spiro atoms. The lowest BCUT2D eigenvalue weighted by molar-refractivity contribution is -0.384. The first kappa shape index (κ1) is 14.9. The molecule has 0 aliphatic carbocycles. The lowest BCUT2D eigenvalue weighted by atomic mass is 10.2. The summed E-state index contributed by atoms with van der Waals surface area (Å²) in [5.41, 5.74) is 5.50. The van der Waals surface area contributed by atoms with E-state index >= 15 is 0 Å². The monoisotopic (exact) mass is 267 g/mol. The SMILES string of the molecule is COc1ccc(NC(=O)CCC(C)N)c([N+](=O)[O-])c1. The van der Waals surface area contributed by atoms with Gasteiger partial charge in [-0.25, -0.2) is 0 Å². The van der Waals surface area contributed by atoms with Gasteiger partial charge in [-0.2, -0.15) is 0 Å². The van der Waals surface area contributed by atoms with E-state index in [4.69, 9.17) is 10.5 Å². The fourth-order valence-electron chi connectivity index (χ4n) is 1.47. The summed E-state index contributed by atoms with van der Waals surface area (Å²) in [4.78, 5) is 22.0. The Labute approximate surface area is 110 Å². The van der Waals surface area contributed by atoms with Gasteiger partial charge < -0.3 is 15.8 Å². The van der Waals surface area contributed by atoms with E-state index in [0.717, 1.165) is 0 Å². The van der Waals surface area contributed by atoms with Gasteiger partial charge in [0.25, 0.3) is 5.69 Å². The molecular formula is C12H17N3O4. The molecule has 1 rings (SSSR count). The Kier molecular flexibility index (Phi) is 5.25. The van der Waals surface area contributed by atoms with Gasteiger partial charge in [-0.3, -0.25) is 14.9 Å². The fourth-order valence-corrected chi connectivity index (χ4v) is 1.47. The predicted molar refractivity (Wildman–Crippen MR) is 71.2 cm³/mol. The van der Waals surface area contributed by atoms with Crippen LogP contribution < -0.4 is 15.8 Å². The van der Waals surface area contributed by atoms with E-state index in [1.54, 1.807) is 13.0 Å². The van der Waals surface area contributed by atoms with Crippen molar-refractivity contribution >= 4 is 17.3 Å². The number of rotatable bonds is 6. The van der Waals surface area contributed by atoms with E-state index in [1.165, 1.54) is 19.2 Å². The Balaban J connectivity index is 2.82. The molecule has 1 unspecified atom stereocenters. The molecule has 0 aliphatic heterocycles. The zero-order valence-corrected chi connectivity index (χ0v) is 10.9. The summed E-state index contributed by atoms with van der Waals surface area (Å²) in [5, 5.41) is 13.4. The Morgan fingerprint density at radius 1 is 1.58 bits per heavy atom. The molecule has 7 heteroatoms. The number of benzene rings is 1. The molecule has 3 N–H and O–H groups in total. The van der Waals surface area contributed by atoms with Gasteiger partial charge in [0.2, 0.25) is 5.91 Å². The van der Waals surface area contributed by atoms with Crippen molar-refractivity contribution in [3.8, 4) is 5.75 Å². The minimum absolute atomic E-state index is 0.0865. The number of nitrogens with two attached hydrogens (primary N) is 1. The summed E-state index contributed by atoms with van der Waals surface area (Å²) in [5.74, 6) is 0.0610. The molecule has 0 fully saturated rings. The van der Waals surface area contributed by atoms with Crippen LogP contribution in [0.25, 0.3) is 0 Å². The highest BCUT2D eigenvalue weighted by atomic mass is 16.6. The van der Waals surface area contributed by atoms with Crippen LogP contribution in [0.15, 0.2) is 18.2 Å². The number of ether oxygens (including phenoxy) is 1. The van der Waals surface area contributed by atoms with Crippen molar-refractivity contribution in [2.24, 2.45) is 5.73 Å². The Morgan fingerprint density at radius 2 is 2.26 bits per heavy atom. The van der Waals surface area contributed by atoms with Gasteiger partial charge in [-0.05, 0) is 25.5 Å². The number of carbonyl (C=O) groups is 1. The molecule has 0 heterocycles. The van der Waals surface area contributed by atoms with E-state index in [9.17, 15) is 14.9 Å². The maximum atomic E-state index is 11.6. The largest absolute Gasteiger partial charge is 0.496 e. The number of nitro groups is 1. The molecular weight excluding hydrogens is 250 g/mol. The first-order valence-electron chi connectivity index (χ1n) is 5.82. The van der Waals surface area contributed by atoms with Crippen molar-refractivity contribution in [1.82, 2.24) is 0 Å². The van der Waals surface area contributed by atoms with Gasteiger partial charge >= 0.3 is 0 Å². The molecule has 0 saturated heterocycles. The molecule has 1 aromatic carbocycles.